The molecule has 1 saturated carbocycles. The van der Waals surface area contributed by atoms with E-state index in [0.29, 0.717) is 10.8 Å². The van der Waals surface area contributed by atoms with Crippen LogP contribution in [0.2, 0.25) is 0 Å². The third-order valence-electron chi connectivity index (χ3n) is 5.39. The van der Waals surface area contributed by atoms with E-state index in [1.165, 1.54) is 64.6 Å². The van der Waals surface area contributed by atoms with E-state index >= 15 is 0 Å². The van der Waals surface area contributed by atoms with Crippen LogP contribution < -0.4 is 5.32 Å². The molecule has 0 aromatic rings. The van der Waals surface area contributed by atoms with Gasteiger partial charge >= 0.3 is 0 Å². The third kappa shape index (κ3) is 5.56. The Morgan fingerprint density at radius 2 is 1.62 bits per heavy atom. The first-order chi connectivity index (χ1) is 9.80. The predicted octanol–water partition coefficient (Wildman–Crippen LogP) is 4.45. The highest BCUT2D eigenvalue weighted by molar-refractivity contribution is 4.93. The van der Waals surface area contributed by atoms with Gasteiger partial charge < -0.3 is 10.2 Å². The van der Waals surface area contributed by atoms with Crippen LogP contribution >= 0.6 is 0 Å². The lowest BCUT2D eigenvalue weighted by Crippen LogP contribution is -2.47. The Labute approximate surface area is 133 Å². The van der Waals surface area contributed by atoms with Crippen molar-refractivity contribution in [3.8, 4) is 0 Å². The van der Waals surface area contributed by atoms with Gasteiger partial charge in [0, 0.05) is 12.1 Å². The van der Waals surface area contributed by atoms with Gasteiger partial charge in [0.15, 0.2) is 0 Å². The average molecular weight is 295 g/mol. The molecule has 1 unspecified atom stereocenters. The van der Waals surface area contributed by atoms with Gasteiger partial charge in [-0.05, 0) is 75.4 Å². The molecule has 0 aromatic carbocycles. The highest BCUT2D eigenvalue weighted by Gasteiger charge is 2.38. The number of hydrogen-bond donors (Lipinski definition) is 1. The van der Waals surface area contributed by atoms with E-state index in [9.17, 15) is 0 Å². The molecule has 1 N–H and O–H groups in total. The second-order valence-electron chi connectivity index (χ2n) is 9.25. The maximum absolute atomic E-state index is 4.05. The second kappa shape index (κ2) is 7.00. The summed E-state index contributed by atoms with van der Waals surface area (Å²) < 4.78 is 0. The van der Waals surface area contributed by atoms with Gasteiger partial charge in [0.1, 0.15) is 0 Å². The van der Waals surface area contributed by atoms with Gasteiger partial charge in [-0.25, -0.2) is 0 Å². The topological polar surface area (TPSA) is 15.3 Å². The van der Waals surface area contributed by atoms with Crippen LogP contribution in [0, 0.1) is 10.8 Å². The number of hydrogen-bond acceptors (Lipinski definition) is 2. The zero-order valence-electron chi connectivity index (χ0n) is 15.2. The van der Waals surface area contributed by atoms with Crippen molar-refractivity contribution in [2.24, 2.45) is 10.8 Å². The smallest absolute Gasteiger partial charge is 0.00823 e. The third-order valence-corrected chi connectivity index (χ3v) is 5.39. The molecule has 2 nitrogen and oxygen atoms in total. The van der Waals surface area contributed by atoms with Crippen LogP contribution in [0.25, 0.3) is 0 Å². The highest BCUT2D eigenvalue weighted by atomic mass is 15.1. The molecule has 2 heteroatoms. The molecular formula is C19H38N2. The van der Waals surface area contributed by atoms with E-state index in [1.807, 2.05) is 0 Å². The van der Waals surface area contributed by atoms with Gasteiger partial charge in [-0.1, -0.05) is 34.6 Å². The summed E-state index contributed by atoms with van der Waals surface area (Å²) in [5.41, 5.74) is 0.997. The minimum atomic E-state index is 0.498. The van der Waals surface area contributed by atoms with Crippen molar-refractivity contribution in [2.75, 3.05) is 19.6 Å². The summed E-state index contributed by atoms with van der Waals surface area (Å²) >= 11 is 0. The first-order valence-corrected chi connectivity index (χ1v) is 9.28. The zero-order chi connectivity index (χ0) is 15.5. The molecule has 1 aliphatic heterocycles. The zero-order valence-corrected chi connectivity index (χ0v) is 15.2. The minimum absolute atomic E-state index is 0.498. The Morgan fingerprint density at radius 3 is 2.24 bits per heavy atom. The minimum Gasteiger partial charge on any atom is -0.311 e. The van der Waals surface area contributed by atoms with Crippen molar-refractivity contribution in [1.29, 1.82) is 0 Å². The molecule has 0 bridgehead atoms. The standard InChI is InChI=1S/C19H38N2/c1-6-10-21-11-7-8-16(9-12-21)20-17-13-18(2,3)15-19(4,5)14-17/h16-17,20H,6-15H2,1-5H3. The summed E-state index contributed by atoms with van der Waals surface area (Å²) in [5, 5.41) is 4.05. The summed E-state index contributed by atoms with van der Waals surface area (Å²) in [6, 6.07) is 1.48. The molecule has 1 heterocycles. The van der Waals surface area contributed by atoms with Gasteiger partial charge in [0.05, 0.1) is 0 Å². The van der Waals surface area contributed by atoms with Gasteiger partial charge in [-0.3, -0.25) is 0 Å². The second-order valence-corrected chi connectivity index (χ2v) is 9.25. The largest absolute Gasteiger partial charge is 0.311 e. The SMILES string of the molecule is CCCN1CCCC(NC2CC(C)(C)CC(C)(C)C2)CC1. The van der Waals surface area contributed by atoms with Gasteiger partial charge in [-0.15, -0.1) is 0 Å². The van der Waals surface area contributed by atoms with E-state index in [1.54, 1.807) is 0 Å². The maximum atomic E-state index is 4.05. The van der Waals surface area contributed by atoms with Crippen molar-refractivity contribution in [2.45, 2.75) is 91.6 Å². The Balaban J connectivity index is 1.86. The van der Waals surface area contributed by atoms with Gasteiger partial charge in [-0.2, -0.15) is 0 Å². The first kappa shape index (κ1) is 17.3. The number of rotatable bonds is 4. The molecular weight excluding hydrogens is 256 g/mol. The highest BCUT2D eigenvalue weighted by Crippen LogP contribution is 2.45. The Morgan fingerprint density at radius 1 is 0.952 bits per heavy atom. The number of nitrogens with one attached hydrogen (secondary N) is 1. The van der Waals surface area contributed by atoms with Crippen LogP contribution in [-0.4, -0.2) is 36.6 Å². The van der Waals surface area contributed by atoms with Crippen LogP contribution in [0.15, 0.2) is 0 Å². The molecule has 0 aromatic heterocycles. The molecule has 0 radical (unpaired) electrons. The normalized spacial score (nSPS) is 31.0. The summed E-state index contributed by atoms with van der Waals surface area (Å²) in [6.07, 6.45) is 9.46. The van der Waals surface area contributed by atoms with Crippen molar-refractivity contribution < 1.29 is 0 Å². The Hall–Kier alpha value is -0.0800. The van der Waals surface area contributed by atoms with Crippen molar-refractivity contribution in [3.63, 3.8) is 0 Å². The first-order valence-electron chi connectivity index (χ1n) is 9.28. The van der Waals surface area contributed by atoms with Gasteiger partial charge in [0.2, 0.25) is 0 Å². The Kier molecular flexibility index (Phi) is 5.76. The lowest BCUT2D eigenvalue weighted by molar-refractivity contribution is 0.0792. The summed E-state index contributed by atoms with van der Waals surface area (Å²) in [7, 11) is 0. The molecule has 21 heavy (non-hydrogen) atoms. The monoisotopic (exact) mass is 294 g/mol. The molecule has 2 aliphatic rings. The van der Waals surface area contributed by atoms with Crippen LogP contribution in [-0.2, 0) is 0 Å². The number of nitrogens with zero attached hydrogens (tertiary/aromatic N) is 1. The molecule has 2 fully saturated rings. The quantitative estimate of drug-likeness (QED) is 0.824. The van der Waals surface area contributed by atoms with Crippen LogP contribution in [0.4, 0.5) is 0 Å². The van der Waals surface area contributed by atoms with E-state index in [0.717, 1.165) is 12.1 Å². The van der Waals surface area contributed by atoms with Crippen molar-refractivity contribution in [3.05, 3.63) is 0 Å². The summed E-state index contributed by atoms with van der Waals surface area (Å²) in [4.78, 5) is 2.66. The van der Waals surface area contributed by atoms with Crippen LogP contribution in [0.3, 0.4) is 0 Å². The molecule has 124 valence electrons. The lowest BCUT2D eigenvalue weighted by atomic mass is 9.63. The van der Waals surface area contributed by atoms with Gasteiger partial charge in [0.25, 0.3) is 0 Å². The average Bonchev–Trinajstić information content (AvgIpc) is 2.51. The molecule has 0 spiro atoms. The van der Waals surface area contributed by atoms with Crippen molar-refractivity contribution in [1.82, 2.24) is 10.2 Å². The van der Waals surface area contributed by atoms with E-state index in [-0.39, 0.29) is 0 Å². The fourth-order valence-corrected chi connectivity index (χ4v) is 5.16. The Bertz CT molecular complexity index is 306. The van der Waals surface area contributed by atoms with E-state index < -0.39 is 0 Å². The molecule has 1 aliphatic carbocycles. The molecule has 1 saturated heterocycles. The molecule has 1 atom stereocenters. The van der Waals surface area contributed by atoms with Crippen LogP contribution in [0.5, 0.6) is 0 Å². The van der Waals surface area contributed by atoms with E-state index in [4.69, 9.17) is 0 Å². The lowest BCUT2D eigenvalue weighted by Gasteiger charge is -2.46. The van der Waals surface area contributed by atoms with Crippen molar-refractivity contribution >= 4 is 0 Å². The van der Waals surface area contributed by atoms with Crippen LogP contribution in [0.1, 0.15) is 79.6 Å². The van der Waals surface area contributed by atoms with E-state index in [2.05, 4.69) is 44.8 Å². The molecule has 0 amide bonds. The summed E-state index contributed by atoms with van der Waals surface area (Å²) in [6.45, 7) is 16.0. The predicted molar refractivity (Wildman–Crippen MR) is 92.7 cm³/mol. The molecule has 2 rings (SSSR count). The summed E-state index contributed by atoms with van der Waals surface area (Å²) in [5.74, 6) is 0. The maximum Gasteiger partial charge on any atom is 0.00823 e. The fourth-order valence-electron chi connectivity index (χ4n) is 5.16. The fraction of sp³-hybridized carbons (Fsp3) is 1.00. The number of likely N-dealkylation sites (tertiary alicyclic amines) is 1.